The predicted molar refractivity (Wildman–Crippen MR) is 112 cm³/mol. The number of piperazine rings is 1. The molecule has 28 heavy (non-hydrogen) atoms. The second-order valence-electron chi connectivity index (χ2n) is 6.80. The fourth-order valence-corrected chi connectivity index (χ4v) is 3.18. The van der Waals surface area contributed by atoms with Crippen LogP contribution in [0.2, 0.25) is 0 Å². The van der Waals surface area contributed by atoms with Crippen molar-refractivity contribution in [2.75, 3.05) is 44.7 Å². The van der Waals surface area contributed by atoms with Crippen LogP contribution in [0, 0.1) is 0 Å². The Morgan fingerprint density at radius 3 is 2.75 bits per heavy atom. The van der Waals surface area contributed by atoms with Crippen molar-refractivity contribution in [3.05, 3.63) is 59.8 Å². The molecule has 0 atom stereocenters. The van der Waals surface area contributed by atoms with Gasteiger partial charge in [0.05, 0.1) is 6.61 Å². The number of rotatable bonds is 7. The average Bonchev–Trinajstić information content (AvgIpc) is 2.73. The van der Waals surface area contributed by atoms with Crippen LogP contribution < -0.4 is 15.0 Å². The third kappa shape index (κ3) is 5.33. The van der Waals surface area contributed by atoms with Crippen LogP contribution in [-0.4, -0.2) is 55.6 Å². The van der Waals surface area contributed by atoms with E-state index in [4.69, 9.17) is 4.74 Å². The molecule has 6 heteroatoms. The monoisotopic (exact) mass is 380 g/mol. The molecule has 3 rings (SSSR count). The van der Waals surface area contributed by atoms with E-state index >= 15 is 0 Å². The van der Waals surface area contributed by atoms with Gasteiger partial charge in [0.25, 0.3) is 0 Å². The number of hydrogen-bond donors (Lipinski definition) is 1. The molecule has 0 unspecified atom stereocenters. The molecule has 148 valence electrons. The molecule has 1 N–H and O–H groups in total. The summed E-state index contributed by atoms with van der Waals surface area (Å²) in [7, 11) is 2.13. The highest BCUT2D eigenvalue weighted by Crippen LogP contribution is 2.20. The van der Waals surface area contributed by atoms with Crippen molar-refractivity contribution in [3.8, 4) is 5.75 Å². The summed E-state index contributed by atoms with van der Waals surface area (Å²) in [6, 6.07) is 11.6. The standard InChI is InChI=1S/C22H28N4O2/c1-3-28-20-9-5-4-7-18(20)10-11-21(27)24-17-19-8-6-12-23-22(19)26-15-13-25(2)14-16-26/h4-12H,3,13-17H2,1-2H3,(H,24,27)/b11-10-. The lowest BCUT2D eigenvalue weighted by molar-refractivity contribution is -0.116. The first-order valence-electron chi connectivity index (χ1n) is 9.72. The van der Waals surface area contributed by atoms with Crippen molar-refractivity contribution in [1.29, 1.82) is 0 Å². The van der Waals surface area contributed by atoms with E-state index in [9.17, 15) is 4.79 Å². The van der Waals surface area contributed by atoms with E-state index in [-0.39, 0.29) is 5.91 Å². The number of benzene rings is 1. The van der Waals surface area contributed by atoms with Crippen molar-refractivity contribution in [2.24, 2.45) is 0 Å². The molecule has 0 radical (unpaired) electrons. The minimum absolute atomic E-state index is 0.139. The van der Waals surface area contributed by atoms with Gasteiger partial charge in [0.2, 0.25) is 5.91 Å². The van der Waals surface area contributed by atoms with Crippen LogP contribution in [0.1, 0.15) is 18.1 Å². The van der Waals surface area contributed by atoms with Crippen LogP contribution in [0.3, 0.4) is 0 Å². The average molecular weight is 380 g/mol. The van der Waals surface area contributed by atoms with Gasteiger partial charge in [-0.3, -0.25) is 4.79 Å². The van der Waals surface area contributed by atoms with Crippen molar-refractivity contribution in [1.82, 2.24) is 15.2 Å². The van der Waals surface area contributed by atoms with Gasteiger partial charge < -0.3 is 19.9 Å². The number of nitrogens with one attached hydrogen (secondary N) is 1. The number of ether oxygens (including phenoxy) is 1. The van der Waals surface area contributed by atoms with Gasteiger partial charge in [-0.1, -0.05) is 24.3 Å². The Morgan fingerprint density at radius 1 is 1.18 bits per heavy atom. The van der Waals surface area contributed by atoms with Crippen molar-refractivity contribution in [2.45, 2.75) is 13.5 Å². The maximum Gasteiger partial charge on any atom is 0.244 e. The van der Waals surface area contributed by atoms with Crippen molar-refractivity contribution >= 4 is 17.8 Å². The zero-order valence-electron chi connectivity index (χ0n) is 16.6. The number of amides is 1. The van der Waals surface area contributed by atoms with E-state index in [0.717, 1.165) is 48.9 Å². The summed E-state index contributed by atoms with van der Waals surface area (Å²) >= 11 is 0. The SMILES string of the molecule is CCOc1ccccc1/C=C\C(=O)NCc1cccnc1N1CCN(C)CC1. The lowest BCUT2D eigenvalue weighted by Crippen LogP contribution is -2.45. The van der Waals surface area contributed by atoms with E-state index in [2.05, 4.69) is 27.1 Å². The van der Waals surface area contributed by atoms with Gasteiger partial charge >= 0.3 is 0 Å². The maximum atomic E-state index is 12.3. The van der Waals surface area contributed by atoms with E-state index in [0.29, 0.717) is 13.2 Å². The number of nitrogens with zero attached hydrogens (tertiary/aromatic N) is 3. The zero-order valence-corrected chi connectivity index (χ0v) is 16.6. The number of pyridine rings is 1. The topological polar surface area (TPSA) is 57.7 Å². The summed E-state index contributed by atoms with van der Waals surface area (Å²) in [5.74, 6) is 1.60. The maximum absolute atomic E-state index is 12.3. The minimum Gasteiger partial charge on any atom is -0.493 e. The summed E-state index contributed by atoms with van der Waals surface area (Å²) in [6.45, 7) is 6.91. The number of carbonyl (C=O) groups excluding carboxylic acids is 1. The lowest BCUT2D eigenvalue weighted by Gasteiger charge is -2.34. The Balaban J connectivity index is 1.61. The van der Waals surface area contributed by atoms with Crippen LogP contribution in [0.15, 0.2) is 48.7 Å². The summed E-state index contributed by atoms with van der Waals surface area (Å²) < 4.78 is 5.59. The number of hydrogen-bond acceptors (Lipinski definition) is 5. The summed E-state index contributed by atoms with van der Waals surface area (Å²) in [5.41, 5.74) is 1.92. The van der Waals surface area contributed by atoms with Crippen LogP contribution in [-0.2, 0) is 11.3 Å². The number of carbonyl (C=O) groups is 1. The second-order valence-corrected chi connectivity index (χ2v) is 6.80. The predicted octanol–water partition coefficient (Wildman–Crippen LogP) is 2.56. The highest BCUT2D eigenvalue weighted by molar-refractivity contribution is 5.92. The van der Waals surface area contributed by atoms with Crippen LogP contribution >= 0.6 is 0 Å². The number of aromatic nitrogens is 1. The van der Waals surface area contributed by atoms with E-state index in [1.54, 1.807) is 12.2 Å². The molecule has 1 aromatic carbocycles. The van der Waals surface area contributed by atoms with Crippen molar-refractivity contribution in [3.63, 3.8) is 0 Å². The molecular weight excluding hydrogens is 352 g/mol. The molecular formula is C22H28N4O2. The van der Waals surface area contributed by atoms with Gasteiger partial charge in [-0.05, 0) is 32.2 Å². The fourth-order valence-electron chi connectivity index (χ4n) is 3.18. The van der Waals surface area contributed by atoms with E-state index in [1.165, 1.54) is 0 Å². The minimum atomic E-state index is -0.139. The zero-order chi connectivity index (χ0) is 19.8. The Bertz CT molecular complexity index is 814. The fraction of sp³-hybridized carbons (Fsp3) is 0.364. The summed E-state index contributed by atoms with van der Waals surface area (Å²) in [5, 5.41) is 2.97. The number of likely N-dealkylation sites (N-methyl/N-ethyl adjacent to an activating group) is 1. The molecule has 2 heterocycles. The van der Waals surface area contributed by atoms with Gasteiger partial charge in [-0.2, -0.15) is 0 Å². The van der Waals surface area contributed by atoms with Crippen molar-refractivity contribution < 1.29 is 9.53 Å². The summed E-state index contributed by atoms with van der Waals surface area (Å²) in [4.78, 5) is 21.5. The number of anilines is 1. The third-order valence-corrected chi connectivity index (χ3v) is 4.76. The van der Waals surface area contributed by atoms with Gasteiger partial charge in [-0.25, -0.2) is 4.98 Å². The quantitative estimate of drug-likeness (QED) is 0.748. The normalized spacial score (nSPS) is 15.0. The Kier molecular flexibility index (Phi) is 7.03. The van der Waals surface area contributed by atoms with E-state index in [1.807, 2.05) is 49.5 Å². The Hall–Kier alpha value is -2.86. The van der Waals surface area contributed by atoms with Gasteiger partial charge in [0.15, 0.2) is 0 Å². The molecule has 0 aliphatic carbocycles. The third-order valence-electron chi connectivity index (χ3n) is 4.76. The highest BCUT2D eigenvalue weighted by Gasteiger charge is 2.17. The molecule has 6 nitrogen and oxygen atoms in total. The molecule has 2 aromatic rings. The largest absolute Gasteiger partial charge is 0.493 e. The van der Waals surface area contributed by atoms with Crippen LogP contribution in [0.4, 0.5) is 5.82 Å². The van der Waals surface area contributed by atoms with Gasteiger partial charge in [0, 0.05) is 56.1 Å². The molecule has 1 aliphatic heterocycles. The molecule has 1 fully saturated rings. The molecule has 0 saturated carbocycles. The smallest absolute Gasteiger partial charge is 0.244 e. The first kappa shape index (κ1) is 19.9. The first-order chi connectivity index (χ1) is 13.7. The number of para-hydroxylation sites is 1. The van der Waals surface area contributed by atoms with Crippen LogP contribution in [0.25, 0.3) is 6.08 Å². The van der Waals surface area contributed by atoms with Gasteiger partial charge in [0.1, 0.15) is 11.6 Å². The molecule has 1 aliphatic rings. The van der Waals surface area contributed by atoms with E-state index < -0.39 is 0 Å². The molecule has 0 spiro atoms. The Morgan fingerprint density at radius 2 is 1.96 bits per heavy atom. The molecule has 1 saturated heterocycles. The lowest BCUT2D eigenvalue weighted by atomic mass is 10.2. The first-order valence-corrected chi connectivity index (χ1v) is 9.72. The van der Waals surface area contributed by atoms with Gasteiger partial charge in [-0.15, -0.1) is 0 Å². The molecule has 0 bridgehead atoms. The second kappa shape index (κ2) is 9.90. The van der Waals surface area contributed by atoms with Crippen LogP contribution in [0.5, 0.6) is 5.75 Å². The molecule has 1 amide bonds. The Labute approximate surface area is 166 Å². The summed E-state index contributed by atoms with van der Waals surface area (Å²) in [6.07, 6.45) is 5.14. The highest BCUT2D eigenvalue weighted by atomic mass is 16.5. The molecule has 1 aromatic heterocycles.